The maximum absolute atomic E-state index is 6.02. The monoisotopic (exact) mass is 814 g/mol. The second-order valence-electron chi connectivity index (χ2n) is 11.7. The van der Waals surface area contributed by atoms with Crippen LogP contribution in [0.2, 0.25) is 0 Å². The maximum atomic E-state index is 6.02. The first kappa shape index (κ1) is 37.7. The summed E-state index contributed by atoms with van der Waals surface area (Å²) in [7, 11) is 12.0. The average molecular weight is 819 g/mol. The van der Waals surface area contributed by atoms with Gasteiger partial charge in [-0.2, -0.15) is 0 Å². The normalized spacial score (nSPS) is 17.7. The summed E-state index contributed by atoms with van der Waals surface area (Å²) in [5, 5.41) is 0. The summed E-state index contributed by atoms with van der Waals surface area (Å²) < 4.78 is 1.02. The molecule has 7 rings (SSSR count). The third-order valence-electron chi connectivity index (χ3n) is 9.43. The van der Waals surface area contributed by atoms with Gasteiger partial charge in [0.05, 0.1) is 0 Å². The SMILES string of the molecule is CC1=C(C)C(C)=C(C2=C(C)C(C)=C(C)C2)C1.[Cl-].[Cl-].[Cl][Zr]([Cl])[CH]1C=Cc2ccccc21.[Zr+2][CH]1c2ccccc2-c2ccccc21. The molecule has 0 N–H and O–H groups in total. The fourth-order valence-corrected chi connectivity index (χ4v) is 11.7. The number of benzene rings is 3. The van der Waals surface area contributed by atoms with E-state index in [1.807, 2.05) is 12.1 Å². The van der Waals surface area contributed by atoms with Gasteiger partial charge in [0.2, 0.25) is 0 Å². The van der Waals surface area contributed by atoms with E-state index < -0.39 is 19.4 Å². The Morgan fingerprint density at radius 3 is 1.41 bits per heavy atom. The van der Waals surface area contributed by atoms with Gasteiger partial charge in [0.25, 0.3) is 0 Å². The van der Waals surface area contributed by atoms with Gasteiger partial charge in [-0.15, -0.1) is 0 Å². The van der Waals surface area contributed by atoms with Crippen LogP contribution >= 0.6 is 17.0 Å². The summed E-state index contributed by atoms with van der Waals surface area (Å²) in [5.74, 6) is 0. The fourth-order valence-electron chi connectivity index (χ4n) is 6.41. The molecule has 0 heterocycles. The van der Waals surface area contributed by atoms with E-state index in [-0.39, 0.29) is 24.8 Å². The Labute approximate surface area is 307 Å². The first-order chi connectivity index (χ1) is 20.1. The van der Waals surface area contributed by atoms with E-state index in [2.05, 4.69) is 114 Å². The molecule has 0 radical (unpaired) electrons. The number of allylic oxidation sites excluding steroid dienone is 9. The molecule has 3 aromatic rings. The minimum atomic E-state index is -2.13. The van der Waals surface area contributed by atoms with Crippen LogP contribution in [0, 0.1) is 0 Å². The molecule has 0 fully saturated rings. The molecule has 0 bridgehead atoms. The van der Waals surface area contributed by atoms with Crippen molar-refractivity contribution < 1.29 is 68.9 Å². The van der Waals surface area contributed by atoms with Crippen LogP contribution in [-0.4, -0.2) is 0 Å². The predicted molar refractivity (Wildman–Crippen MR) is 175 cm³/mol. The second kappa shape index (κ2) is 16.4. The van der Waals surface area contributed by atoms with E-state index in [9.17, 15) is 0 Å². The number of hydrogen-bond donors (Lipinski definition) is 0. The van der Waals surface area contributed by atoms with Gasteiger partial charge in [-0.05, 0) is 87.8 Å². The Kier molecular flexibility index (Phi) is 14.1. The van der Waals surface area contributed by atoms with Gasteiger partial charge in [0.15, 0.2) is 0 Å². The molecule has 0 aromatic heterocycles. The number of fused-ring (bicyclic) bond motifs is 4. The van der Waals surface area contributed by atoms with E-state index in [1.54, 1.807) is 47.0 Å². The first-order valence-electron chi connectivity index (χ1n) is 14.7. The molecule has 0 nitrogen and oxygen atoms in total. The standard InChI is InChI=1S/C16H22.C13H9.C9H7.4ClH.2Zr/c1-9-7-15(13(5)11(9)3)16-8-10(2)12(4)14(16)6;1-3-7-12-10(5-1)9-11-6-2-4-8-13(11)12;1-2-5-9-7-3-6-8(9)4-1;;;;;;/h7-8H2,1-6H3;1-9H;1-7H;4*1H;;/q;;;;;;;2*+2/p-4. The summed E-state index contributed by atoms with van der Waals surface area (Å²) >= 11 is -0.542. The van der Waals surface area contributed by atoms with E-state index in [0.29, 0.717) is 7.25 Å². The number of rotatable bonds is 2. The van der Waals surface area contributed by atoms with Gasteiger partial charge in [0, 0.05) is 0 Å². The summed E-state index contributed by atoms with van der Waals surface area (Å²) in [6.45, 7) is 13.6. The van der Waals surface area contributed by atoms with Crippen LogP contribution in [0.25, 0.3) is 17.2 Å². The van der Waals surface area contributed by atoms with Crippen molar-refractivity contribution in [2.45, 2.75) is 61.6 Å². The third kappa shape index (κ3) is 7.70. The van der Waals surface area contributed by atoms with Crippen molar-refractivity contribution in [2.24, 2.45) is 0 Å². The van der Waals surface area contributed by atoms with Gasteiger partial charge in [-0.25, -0.2) is 0 Å². The van der Waals surface area contributed by atoms with Gasteiger partial charge < -0.3 is 24.8 Å². The molecule has 0 amide bonds. The molecule has 4 aliphatic carbocycles. The molecule has 0 saturated heterocycles. The van der Waals surface area contributed by atoms with Crippen molar-refractivity contribution in [2.75, 3.05) is 0 Å². The van der Waals surface area contributed by atoms with Crippen LogP contribution in [0.4, 0.5) is 0 Å². The molecular formula is C38H38Cl4Zr2. The molecule has 1 unspecified atom stereocenters. The molecule has 6 heteroatoms. The summed E-state index contributed by atoms with van der Waals surface area (Å²) in [6, 6.07) is 25.8. The summed E-state index contributed by atoms with van der Waals surface area (Å²) in [6.07, 6.45) is 6.60. The summed E-state index contributed by atoms with van der Waals surface area (Å²) in [5.41, 5.74) is 20.9. The molecule has 226 valence electrons. The second-order valence-corrected chi connectivity index (χ2v) is 22.1. The molecule has 44 heavy (non-hydrogen) atoms. The van der Waals surface area contributed by atoms with E-state index >= 15 is 0 Å². The zero-order chi connectivity index (χ0) is 30.1. The van der Waals surface area contributed by atoms with E-state index in [4.69, 9.17) is 17.0 Å². The molecule has 3 aromatic carbocycles. The zero-order valence-electron chi connectivity index (χ0n) is 26.2. The van der Waals surface area contributed by atoms with Crippen LogP contribution in [0.5, 0.6) is 0 Å². The van der Waals surface area contributed by atoms with Crippen molar-refractivity contribution in [1.82, 2.24) is 0 Å². The van der Waals surface area contributed by atoms with Crippen molar-refractivity contribution in [1.29, 1.82) is 0 Å². The molecule has 0 spiro atoms. The van der Waals surface area contributed by atoms with Crippen LogP contribution in [0.15, 0.2) is 123 Å². The molecule has 4 aliphatic rings. The predicted octanol–water partition coefficient (Wildman–Crippen LogP) is 6.09. The minimum absolute atomic E-state index is 0. The van der Waals surface area contributed by atoms with E-state index in [1.165, 1.54) is 68.5 Å². The Bertz CT molecular complexity index is 1600. The number of hydrogen-bond acceptors (Lipinski definition) is 0. The third-order valence-corrected chi connectivity index (χ3v) is 16.1. The van der Waals surface area contributed by atoms with Crippen molar-refractivity contribution in [3.8, 4) is 11.1 Å². The van der Waals surface area contributed by atoms with Crippen LogP contribution in [-0.2, 0) is 44.1 Å². The Morgan fingerprint density at radius 2 is 1.00 bits per heavy atom. The first-order valence-corrected chi connectivity index (χ1v) is 23.8. The van der Waals surface area contributed by atoms with Crippen molar-refractivity contribution in [3.63, 3.8) is 0 Å². The molecule has 0 saturated carbocycles. The summed E-state index contributed by atoms with van der Waals surface area (Å²) in [4.78, 5) is 0. The number of halogens is 4. The van der Waals surface area contributed by atoms with Crippen LogP contribution < -0.4 is 24.8 Å². The molecule has 0 aliphatic heterocycles. The average Bonchev–Trinajstić information content (AvgIpc) is 3.71. The molecular weight excluding hydrogens is 781 g/mol. The zero-order valence-corrected chi connectivity index (χ0v) is 34.1. The van der Waals surface area contributed by atoms with Crippen molar-refractivity contribution >= 4 is 23.1 Å². The van der Waals surface area contributed by atoms with Gasteiger partial charge >= 0.3 is 187 Å². The van der Waals surface area contributed by atoms with Crippen LogP contribution in [0.3, 0.4) is 0 Å². The Balaban J connectivity index is 0.000000178. The van der Waals surface area contributed by atoms with Crippen LogP contribution in [0.1, 0.15) is 83.9 Å². The van der Waals surface area contributed by atoms with Gasteiger partial charge in [-0.3, -0.25) is 0 Å². The van der Waals surface area contributed by atoms with Gasteiger partial charge in [0.1, 0.15) is 0 Å². The fraction of sp³-hybridized carbons (Fsp3) is 0.263. The topological polar surface area (TPSA) is 0 Å². The van der Waals surface area contributed by atoms with E-state index in [0.717, 1.165) is 0 Å². The quantitative estimate of drug-likeness (QED) is 0.294. The van der Waals surface area contributed by atoms with Gasteiger partial charge in [-0.1, -0.05) is 11.1 Å². The van der Waals surface area contributed by atoms with Crippen molar-refractivity contribution in [3.05, 3.63) is 146 Å². The molecule has 1 atom stereocenters. The Morgan fingerprint density at radius 1 is 0.591 bits per heavy atom. The Hall–Kier alpha value is -0.714.